The summed E-state index contributed by atoms with van der Waals surface area (Å²) in [6.45, 7) is 4.08. The van der Waals surface area contributed by atoms with Crippen LogP contribution >= 0.6 is 11.8 Å². The zero-order valence-corrected chi connectivity index (χ0v) is 16.1. The van der Waals surface area contributed by atoms with E-state index in [1.54, 1.807) is 16.3 Å². The lowest BCUT2D eigenvalue weighted by Gasteiger charge is -2.20. The van der Waals surface area contributed by atoms with Crippen LogP contribution in [-0.4, -0.2) is 24.9 Å². The van der Waals surface area contributed by atoms with E-state index < -0.39 is 0 Å². The molecular formula is C20H24N4OS. The second-order valence-corrected chi connectivity index (χ2v) is 8.30. The SMILES string of the molecule is Cc1cc(C)cc(-n2ccn3c(SCC4CCCCC4)nnc3c2=O)c1. The van der Waals surface area contributed by atoms with Crippen LogP contribution in [0.1, 0.15) is 43.2 Å². The van der Waals surface area contributed by atoms with Gasteiger partial charge < -0.3 is 0 Å². The third kappa shape index (κ3) is 3.43. The maximum atomic E-state index is 12.9. The van der Waals surface area contributed by atoms with Crippen molar-refractivity contribution < 1.29 is 0 Å². The summed E-state index contributed by atoms with van der Waals surface area (Å²) in [6.07, 6.45) is 10.4. The maximum absolute atomic E-state index is 12.9. The van der Waals surface area contributed by atoms with Crippen molar-refractivity contribution in [2.75, 3.05) is 5.75 Å². The highest BCUT2D eigenvalue weighted by Crippen LogP contribution is 2.29. The van der Waals surface area contributed by atoms with Crippen LogP contribution in [-0.2, 0) is 0 Å². The average Bonchev–Trinajstić information content (AvgIpc) is 3.04. The highest BCUT2D eigenvalue weighted by Gasteiger charge is 2.17. The zero-order chi connectivity index (χ0) is 18.1. The van der Waals surface area contributed by atoms with Gasteiger partial charge in [0.1, 0.15) is 0 Å². The van der Waals surface area contributed by atoms with E-state index in [1.807, 2.05) is 42.8 Å². The van der Waals surface area contributed by atoms with Crippen LogP contribution in [0.15, 0.2) is 40.5 Å². The van der Waals surface area contributed by atoms with Gasteiger partial charge >= 0.3 is 5.56 Å². The van der Waals surface area contributed by atoms with Crippen molar-refractivity contribution in [1.82, 2.24) is 19.2 Å². The molecule has 3 aromatic rings. The highest BCUT2D eigenvalue weighted by atomic mass is 32.2. The fourth-order valence-electron chi connectivity index (χ4n) is 3.80. The Labute approximate surface area is 157 Å². The van der Waals surface area contributed by atoms with E-state index in [9.17, 15) is 4.79 Å². The molecule has 0 unspecified atom stereocenters. The van der Waals surface area contributed by atoms with Gasteiger partial charge in [-0.1, -0.05) is 37.1 Å². The van der Waals surface area contributed by atoms with Crippen LogP contribution in [0.4, 0.5) is 0 Å². The van der Waals surface area contributed by atoms with Gasteiger partial charge in [-0.25, -0.2) is 0 Å². The number of benzene rings is 1. The standard InChI is InChI=1S/C20H24N4OS/c1-14-10-15(2)12-17(11-14)23-8-9-24-18(19(23)25)21-22-20(24)26-13-16-6-4-3-5-7-16/h8-12,16H,3-7,13H2,1-2H3. The van der Waals surface area contributed by atoms with E-state index in [1.165, 1.54) is 32.1 Å². The molecule has 1 aromatic carbocycles. The van der Waals surface area contributed by atoms with Gasteiger partial charge in [0.15, 0.2) is 5.16 Å². The number of fused-ring (bicyclic) bond motifs is 1. The number of hydrogen-bond donors (Lipinski definition) is 0. The number of aryl methyl sites for hydroxylation is 2. The summed E-state index contributed by atoms with van der Waals surface area (Å²) in [7, 11) is 0. The first-order valence-electron chi connectivity index (χ1n) is 9.30. The minimum absolute atomic E-state index is 0.130. The number of thioether (sulfide) groups is 1. The van der Waals surface area contributed by atoms with Gasteiger partial charge in [0.25, 0.3) is 0 Å². The molecule has 136 valence electrons. The Morgan fingerprint density at radius 1 is 1.04 bits per heavy atom. The summed E-state index contributed by atoms with van der Waals surface area (Å²) in [5.41, 5.74) is 3.40. The van der Waals surface area contributed by atoms with Crippen molar-refractivity contribution in [3.05, 3.63) is 52.1 Å². The third-order valence-electron chi connectivity index (χ3n) is 5.10. The fraction of sp³-hybridized carbons (Fsp3) is 0.450. The van der Waals surface area contributed by atoms with Gasteiger partial charge in [-0.15, -0.1) is 10.2 Å². The molecule has 4 rings (SSSR count). The van der Waals surface area contributed by atoms with E-state index in [0.29, 0.717) is 5.65 Å². The summed E-state index contributed by atoms with van der Waals surface area (Å²) in [6, 6.07) is 6.13. The largest absolute Gasteiger partial charge is 0.300 e. The van der Waals surface area contributed by atoms with Crippen LogP contribution in [0.2, 0.25) is 0 Å². The van der Waals surface area contributed by atoms with Crippen LogP contribution in [0.5, 0.6) is 0 Å². The Morgan fingerprint density at radius 2 is 1.77 bits per heavy atom. The summed E-state index contributed by atoms with van der Waals surface area (Å²) in [4.78, 5) is 12.9. The van der Waals surface area contributed by atoms with Gasteiger partial charge in [0.2, 0.25) is 5.65 Å². The predicted molar refractivity (Wildman–Crippen MR) is 105 cm³/mol. The van der Waals surface area contributed by atoms with Crippen molar-refractivity contribution in [3.8, 4) is 5.69 Å². The topological polar surface area (TPSA) is 52.2 Å². The lowest BCUT2D eigenvalue weighted by atomic mass is 9.91. The van der Waals surface area contributed by atoms with Gasteiger partial charge in [-0.05, 0) is 55.9 Å². The second kappa shape index (κ2) is 7.27. The molecule has 2 heterocycles. The summed E-state index contributed by atoms with van der Waals surface area (Å²) < 4.78 is 3.48. The Morgan fingerprint density at radius 3 is 2.50 bits per heavy atom. The van der Waals surface area contributed by atoms with E-state index in [0.717, 1.165) is 33.6 Å². The predicted octanol–water partition coefficient (Wildman–Crippen LogP) is 4.17. The molecular weight excluding hydrogens is 344 g/mol. The Bertz CT molecular complexity index is 965. The average molecular weight is 369 g/mol. The van der Waals surface area contributed by atoms with Crippen molar-refractivity contribution in [2.45, 2.75) is 51.1 Å². The van der Waals surface area contributed by atoms with Gasteiger partial charge in [0.05, 0.1) is 0 Å². The van der Waals surface area contributed by atoms with E-state index >= 15 is 0 Å². The molecule has 26 heavy (non-hydrogen) atoms. The minimum atomic E-state index is -0.130. The smallest absolute Gasteiger partial charge is 0.280 e. The summed E-state index contributed by atoms with van der Waals surface area (Å²) >= 11 is 1.72. The van der Waals surface area contributed by atoms with E-state index in [2.05, 4.69) is 16.3 Å². The molecule has 1 saturated carbocycles. The van der Waals surface area contributed by atoms with E-state index in [4.69, 9.17) is 0 Å². The molecule has 1 aliphatic carbocycles. The van der Waals surface area contributed by atoms with Gasteiger partial charge in [-0.3, -0.25) is 13.8 Å². The number of aromatic nitrogens is 4. The Hall–Kier alpha value is -2.08. The van der Waals surface area contributed by atoms with Crippen LogP contribution < -0.4 is 5.56 Å². The molecule has 0 saturated heterocycles. The molecule has 6 heteroatoms. The molecule has 1 aliphatic rings. The molecule has 2 aromatic heterocycles. The second-order valence-electron chi connectivity index (χ2n) is 7.31. The molecule has 0 amide bonds. The zero-order valence-electron chi connectivity index (χ0n) is 15.3. The van der Waals surface area contributed by atoms with Crippen molar-refractivity contribution in [3.63, 3.8) is 0 Å². The van der Waals surface area contributed by atoms with Crippen molar-refractivity contribution in [2.24, 2.45) is 5.92 Å². The first-order chi connectivity index (χ1) is 12.6. The molecule has 0 bridgehead atoms. The quantitative estimate of drug-likeness (QED) is 0.649. The molecule has 0 atom stereocenters. The fourth-order valence-corrected chi connectivity index (χ4v) is 4.91. The molecule has 0 spiro atoms. The molecule has 0 radical (unpaired) electrons. The minimum Gasteiger partial charge on any atom is -0.280 e. The third-order valence-corrected chi connectivity index (χ3v) is 6.27. The molecule has 5 nitrogen and oxygen atoms in total. The van der Waals surface area contributed by atoms with E-state index in [-0.39, 0.29) is 5.56 Å². The lowest BCUT2D eigenvalue weighted by Crippen LogP contribution is -2.20. The van der Waals surface area contributed by atoms with Gasteiger partial charge in [0, 0.05) is 23.8 Å². The van der Waals surface area contributed by atoms with Crippen molar-refractivity contribution in [1.29, 1.82) is 0 Å². The molecule has 0 N–H and O–H groups in total. The monoisotopic (exact) mass is 368 g/mol. The summed E-state index contributed by atoms with van der Waals surface area (Å²) in [5.74, 6) is 1.82. The molecule has 0 aliphatic heterocycles. The number of rotatable bonds is 4. The van der Waals surface area contributed by atoms with Crippen LogP contribution in [0.3, 0.4) is 0 Å². The number of hydrogen-bond acceptors (Lipinski definition) is 4. The maximum Gasteiger partial charge on any atom is 0.300 e. The normalized spacial score (nSPS) is 15.6. The lowest BCUT2D eigenvalue weighted by molar-refractivity contribution is 0.390. The number of nitrogens with zero attached hydrogens (tertiary/aromatic N) is 4. The van der Waals surface area contributed by atoms with Crippen LogP contribution in [0, 0.1) is 19.8 Å². The summed E-state index contributed by atoms with van der Waals surface area (Å²) in [5, 5.41) is 9.26. The molecule has 1 fully saturated rings. The Balaban J connectivity index is 1.63. The first-order valence-corrected chi connectivity index (χ1v) is 10.3. The first kappa shape index (κ1) is 17.3. The van der Waals surface area contributed by atoms with Crippen LogP contribution in [0.25, 0.3) is 11.3 Å². The van der Waals surface area contributed by atoms with Gasteiger partial charge in [-0.2, -0.15) is 0 Å². The highest BCUT2D eigenvalue weighted by molar-refractivity contribution is 7.99. The van der Waals surface area contributed by atoms with Crippen molar-refractivity contribution >= 4 is 17.4 Å². The Kier molecular flexibility index (Phi) is 4.85.